The zero-order valence-electron chi connectivity index (χ0n) is 10.9. The highest BCUT2D eigenvalue weighted by Gasteiger charge is 2.11. The minimum Gasteiger partial charge on any atom is -0.352 e. The van der Waals surface area contributed by atoms with Crippen LogP contribution in [0.15, 0.2) is 36.4 Å². The van der Waals surface area contributed by atoms with Crippen LogP contribution in [0.25, 0.3) is 10.8 Å². The minimum atomic E-state index is -0.303. The second-order valence-corrected chi connectivity index (χ2v) is 4.35. The monoisotopic (exact) mass is 260 g/mol. The van der Waals surface area contributed by atoms with E-state index in [2.05, 4.69) is 10.6 Å². The van der Waals surface area contributed by atoms with Crippen molar-refractivity contribution in [3.05, 3.63) is 47.8 Å². The van der Waals surface area contributed by atoms with Crippen LogP contribution in [0.2, 0.25) is 0 Å². The lowest BCUT2D eigenvalue weighted by molar-refractivity contribution is 0.0955. The van der Waals surface area contributed by atoms with E-state index in [4.69, 9.17) is 0 Å². The predicted molar refractivity (Wildman–Crippen MR) is 74.8 cm³/mol. The summed E-state index contributed by atoms with van der Waals surface area (Å²) < 4.78 is 13.6. The Morgan fingerprint density at radius 2 is 1.84 bits per heavy atom. The van der Waals surface area contributed by atoms with Crippen LogP contribution < -0.4 is 10.6 Å². The van der Waals surface area contributed by atoms with Gasteiger partial charge in [0.1, 0.15) is 5.82 Å². The first-order valence-corrected chi connectivity index (χ1v) is 6.34. The number of benzene rings is 2. The average Bonchev–Trinajstić information content (AvgIpc) is 2.44. The molecule has 19 heavy (non-hydrogen) atoms. The molecule has 1 amide bonds. The molecule has 2 N–H and O–H groups in total. The number of fused-ring (bicyclic) bond motifs is 1. The second-order valence-electron chi connectivity index (χ2n) is 4.35. The van der Waals surface area contributed by atoms with Gasteiger partial charge in [-0.25, -0.2) is 4.39 Å². The van der Waals surface area contributed by atoms with Gasteiger partial charge in [-0.05, 0) is 37.5 Å². The molecule has 0 aliphatic heterocycles. The zero-order chi connectivity index (χ0) is 13.7. The topological polar surface area (TPSA) is 41.1 Å². The Hall–Kier alpha value is -1.94. The van der Waals surface area contributed by atoms with Crippen LogP contribution in [0.4, 0.5) is 4.39 Å². The van der Waals surface area contributed by atoms with E-state index in [1.165, 1.54) is 12.1 Å². The SMILES string of the molecule is CNCCCNC(=O)c1ccc(F)c2ccccc12. The Labute approximate surface area is 111 Å². The molecule has 0 aliphatic rings. The first-order valence-electron chi connectivity index (χ1n) is 6.34. The van der Waals surface area contributed by atoms with Gasteiger partial charge in [-0.3, -0.25) is 4.79 Å². The number of carbonyl (C=O) groups is 1. The Kier molecular flexibility index (Phi) is 4.47. The smallest absolute Gasteiger partial charge is 0.251 e. The van der Waals surface area contributed by atoms with E-state index >= 15 is 0 Å². The molecular weight excluding hydrogens is 243 g/mol. The third-order valence-electron chi connectivity index (χ3n) is 3.00. The summed E-state index contributed by atoms with van der Waals surface area (Å²) in [6, 6.07) is 9.89. The van der Waals surface area contributed by atoms with Crippen molar-refractivity contribution in [1.29, 1.82) is 0 Å². The lowest BCUT2D eigenvalue weighted by Crippen LogP contribution is -2.26. The number of rotatable bonds is 5. The van der Waals surface area contributed by atoms with Crippen LogP contribution in [0.1, 0.15) is 16.8 Å². The van der Waals surface area contributed by atoms with Crippen molar-refractivity contribution >= 4 is 16.7 Å². The highest BCUT2D eigenvalue weighted by Crippen LogP contribution is 2.21. The Morgan fingerprint density at radius 1 is 1.11 bits per heavy atom. The van der Waals surface area contributed by atoms with Crippen molar-refractivity contribution in [2.24, 2.45) is 0 Å². The molecule has 100 valence electrons. The fraction of sp³-hybridized carbons (Fsp3) is 0.267. The van der Waals surface area contributed by atoms with E-state index in [0.717, 1.165) is 13.0 Å². The van der Waals surface area contributed by atoms with Crippen molar-refractivity contribution in [2.75, 3.05) is 20.1 Å². The summed E-state index contributed by atoms with van der Waals surface area (Å²) in [5.41, 5.74) is 0.515. The zero-order valence-corrected chi connectivity index (χ0v) is 10.9. The van der Waals surface area contributed by atoms with Gasteiger partial charge < -0.3 is 10.6 Å². The summed E-state index contributed by atoms with van der Waals surface area (Å²) in [6.07, 6.45) is 0.862. The summed E-state index contributed by atoms with van der Waals surface area (Å²) in [5.74, 6) is -0.463. The fourth-order valence-electron chi connectivity index (χ4n) is 2.02. The maximum Gasteiger partial charge on any atom is 0.251 e. The largest absolute Gasteiger partial charge is 0.352 e. The van der Waals surface area contributed by atoms with E-state index in [1.807, 2.05) is 7.05 Å². The van der Waals surface area contributed by atoms with E-state index in [9.17, 15) is 9.18 Å². The average molecular weight is 260 g/mol. The van der Waals surface area contributed by atoms with Gasteiger partial charge in [-0.1, -0.05) is 24.3 Å². The summed E-state index contributed by atoms with van der Waals surface area (Å²) >= 11 is 0. The lowest BCUT2D eigenvalue weighted by atomic mass is 10.0. The summed E-state index contributed by atoms with van der Waals surface area (Å²) in [4.78, 5) is 12.1. The summed E-state index contributed by atoms with van der Waals surface area (Å²) in [5, 5.41) is 6.99. The fourth-order valence-corrected chi connectivity index (χ4v) is 2.02. The van der Waals surface area contributed by atoms with E-state index in [-0.39, 0.29) is 11.7 Å². The normalized spacial score (nSPS) is 10.6. The van der Waals surface area contributed by atoms with Gasteiger partial charge >= 0.3 is 0 Å². The van der Waals surface area contributed by atoms with Gasteiger partial charge in [0.25, 0.3) is 5.91 Å². The molecule has 0 saturated carbocycles. The molecule has 0 fully saturated rings. The van der Waals surface area contributed by atoms with Crippen molar-refractivity contribution in [2.45, 2.75) is 6.42 Å². The third-order valence-corrected chi connectivity index (χ3v) is 3.00. The molecule has 0 radical (unpaired) electrons. The van der Waals surface area contributed by atoms with Crippen LogP contribution >= 0.6 is 0 Å². The summed E-state index contributed by atoms with van der Waals surface area (Å²) in [7, 11) is 1.87. The molecule has 0 saturated heterocycles. The standard InChI is InChI=1S/C15H17FN2O/c1-17-9-4-10-18-15(19)13-7-8-14(16)12-6-3-2-5-11(12)13/h2-3,5-8,17H,4,9-10H2,1H3,(H,18,19). The Balaban J connectivity index is 2.20. The molecule has 2 aromatic carbocycles. The molecule has 3 nitrogen and oxygen atoms in total. The number of hydrogen-bond donors (Lipinski definition) is 2. The van der Waals surface area contributed by atoms with Crippen molar-refractivity contribution in [1.82, 2.24) is 10.6 Å². The molecule has 4 heteroatoms. The van der Waals surface area contributed by atoms with E-state index < -0.39 is 0 Å². The molecule has 0 spiro atoms. The molecule has 2 rings (SSSR count). The third kappa shape index (κ3) is 3.09. The van der Waals surface area contributed by atoms with Crippen molar-refractivity contribution in [3.63, 3.8) is 0 Å². The van der Waals surface area contributed by atoms with Gasteiger partial charge in [0.15, 0.2) is 0 Å². The van der Waals surface area contributed by atoms with Crippen LogP contribution in [-0.2, 0) is 0 Å². The Bertz CT molecular complexity index is 583. The van der Waals surface area contributed by atoms with Gasteiger partial charge in [-0.15, -0.1) is 0 Å². The number of carbonyl (C=O) groups excluding carboxylic acids is 1. The predicted octanol–water partition coefficient (Wildman–Crippen LogP) is 2.32. The molecule has 0 atom stereocenters. The summed E-state index contributed by atoms with van der Waals surface area (Å²) in [6.45, 7) is 1.45. The number of hydrogen-bond acceptors (Lipinski definition) is 2. The molecule has 2 aromatic rings. The number of nitrogens with one attached hydrogen (secondary N) is 2. The van der Waals surface area contributed by atoms with E-state index in [1.54, 1.807) is 24.3 Å². The molecule has 0 bridgehead atoms. The highest BCUT2D eigenvalue weighted by molar-refractivity contribution is 6.07. The molecule has 0 aromatic heterocycles. The molecule has 0 aliphatic carbocycles. The highest BCUT2D eigenvalue weighted by atomic mass is 19.1. The molecule has 0 heterocycles. The first-order chi connectivity index (χ1) is 9.24. The van der Waals surface area contributed by atoms with Crippen LogP contribution in [0, 0.1) is 5.82 Å². The van der Waals surface area contributed by atoms with E-state index in [0.29, 0.717) is 22.9 Å². The number of halogens is 1. The quantitative estimate of drug-likeness (QED) is 0.810. The van der Waals surface area contributed by atoms with Gasteiger partial charge in [-0.2, -0.15) is 0 Å². The Morgan fingerprint density at radius 3 is 2.58 bits per heavy atom. The van der Waals surface area contributed by atoms with Crippen LogP contribution in [-0.4, -0.2) is 26.0 Å². The second kappa shape index (κ2) is 6.29. The van der Waals surface area contributed by atoms with Gasteiger partial charge in [0.2, 0.25) is 0 Å². The van der Waals surface area contributed by atoms with Crippen LogP contribution in [0.5, 0.6) is 0 Å². The minimum absolute atomic E-state index is 0.160. The maximum absolute atomic E-state index is 13.6. The van der Waals surface area contributed by atoms with Crippen LogP contribution in [0.3, 0.4) is 0 Å². The molecule has 0 unspecified atom stereocenters. The maximum atomic E-state index is 13.6. The number of amides is 1. The van der Waals surface area contributed by atoms with Gasteiger partial charge in [0, 0.05) is 17.5 Å². The lowest BCUT2D eigenvalue weighted by Gasteiger charge is -2.08. The van der Waals surface area contributed by atoms with Crippen molar-refractivity contribution in [3.8, 4) is 0 Å². The first kappa shape index (κ1) is 13.5. The molecular formula is C15H17FN2O. The van der Waals surface area contributed by atoms with Gasteiger partial charge in [0.05, 0.1) is 0 Å². The van der Waals surface area contributed by atoms with Crippen molar-refractivity contribution < 1.29 is 9.18 Å².